The van der Waals surface area contributed by atoms with E-state index in [0.717, 1.165) is 10.0 Å². The zero-order chi connectivity index (χ0) is 14.7. The lowest BCUT2D eigenvalue weighted by molar-refractivity contribution is -0.149. The topological polar surface area (TPSA) is 75.6 Å². The number of halogens is 1. The van der Waals surface area contributed by atoms with Crippen LogP contribution in [0.2, 0.25) is 0 Å². The van der Waals surface area contributed by atoms with Crippen LogP contribution in [0.5, 0.6) is 0 Å². The van der Waals surface area contributed by atoms with Crippen LogP contribution in [0.4, 0.5) is 0 Å². The van der Waals surface area contributed by atoms with E-state index in [0.29, 0.717) is 25.1 Å². The third-order valence-corrected chi connectivity index (χ3v) is 4.01. The van der Waals surface area contributed by atoms with Gasteiger partial charge in [0.05, 0.1) is 5.56 Å². The van der Waals surface area contributed by atoms with Crippen LogP contribution in [0.25, 0.3) is 0 Å². The van der Waals surface area contributed by atoms with E-state index in [1.54, 1.807) is 6.07 Å². The second-order valence-electron chi connectivity index (χ2n) is 4.87. The number of aliphatic carboxylic acids is 1. The van der Waals surface area contributed by atoms with Crippen LogP contribution in [0.15, 0.2) is 22.7 Å². The van der Waals surface area contributed by atoms with Gasteiger partial charge < -0.3 is 15.2 Å². The lowest BCUT2D eigenvalue weighted by Gasteiger charge is -2.15. The van der Waals surface area contributed by atoms with E-state index in [1.165, 1.54) is 0 Å². The first-order valence-electron chi connectivity index (χ1n) is 6.38. The quantitative estimate of drug-likeness (QED) is 0.877. The fourth-order valence-corrected chi connectivity index (χ4v) is 2.91. The van der Waals surface area contributed by atoms with Gasteiger partial charge in [-0.15, -0.1) is 0 Å². The molecule has 2 atom stereocenters. The van der Waals surface area contributed by atoms with Gasteiger partial charge in [-0.3, -0.25) is 4.79 Å². The van der Waals surface area contributed by atoms with E-state index >= 15 is 0 Å². The lowest BCUT2D eigenvalue weighted by Crippen LogP contribution is -2.36. The van der Waals surface area contributed by atoms with Gasteiger partial charge >= 0.3 is 5.97 Å². The molecule has 1 amide bonds. The standard InChI is InChI=1S/C14H16BrNO4/c1-8-2-3-10(11(15)6-8)13(17)16-7-9-4-5-20-12(9)14(18)19/h2-3,6,9,12H,4-5,7H2,1H3,(H,16,17)(H,18,19)/t9-,12-/m0/s1. The Bertz CT molecular complexity index is 532. The van der Waals surface area contributed by atoms with E-state index in [1.807, 2.05) is 19.1 Å². The highest BCUT2D eigenvalue weighted by atomic mass is 79.9. The molecular weight excluding hydrogens is 326 g/mol. The highest BCUT2D eigenvalue weighted by molar-refractivity contribution is 9.10. The highest BCUT2D eigenvalue weighted by Gasteiger charge is 2.34. The molecule has 0 unspecified atom stereocenters. The third-order valence-electron chi connectivity index (χ3n) is 3.35. The van der Waals surface area contributed by atoms with Crippen molar-refractivity contribution in [3.8, 4) is 0 Å². The zero-order valence-corrected chi connectivity index (χ0v) is 12.6. The monoisotopic (exact) mass is 341 g/mol. The average Bonchev–Trinajstić information content (AvgIpc) is 2.84. The predicted molar refractivity (Wildman–Crippen MR) is 76.7 cm³/mol. The Hall–Kier alpha value is -1.40. The fourth-order valence-electron chi connectivity index (χ4n) is 2.24. The number of nitrogens with one attached hydrogen (secondary N) is 1. The van der Waals surface area contributed by atoms with Gasteiger partial charge in [0.15, 0.2) is 6.10 Å². The van der Waals surface area contributed by atoms with Gasteiger partial charge in [-0.25, -0.2) is 4.79 Å². The number of hydrogen-bond acceptors (Lipinski definition) is 3. The molecule has 1 aromatic carbocycles. The Kier molecular flexibility index (Phi) is 4.77. The molecule has 0 spiro atoms. The molecule has 0 saturated carbocycles. The number of carbonyl (C=O) groups is 2. The largest absolute Gasteiger partial charge is 0.479 e. The van der Waals surface area contributed by atoms with E-state index < -0.39 is 12.1 Å². The lowest BCUT2D eigenvalue weighted by atomic mass is 10.0. The van der Waals surface area contributed by atoms with Crippen molar-refractivity contribution in [3.63, 3.8) is 0 Å². The van der Waals surface area contributed by atoms with Gasteiger partial charge in [-0.2, -0.15) is 0 Å². The summed E-state index contributed by atoms with van der Waals surface area (Å²) < 4.78 is 5.87. The van der Waals surface area contributed by atoms with E-state index in [9.17, 15) is 9.59 Å². The predicted octanol–water partition coefficient (Wildman–Crippen LogP) is 1.98. The molecule has 0 aliphatic carbocycles. The molecule has 108 valence electrons. The first kappa shape index (κ1) is 15.0. The fraction of sp³-hybridized carbons (Fsp3) is 0.429. The summed E-state index contributed by atoms with van der Waals surface area (Å²) in [5.41, 5.74) is 1.60. The summed E-state index contributed by atoms with van der Waals surface area (Å²) in [5.74, 6) is -1.37. The van der Waals surface area contributed by atoms with Crippen LogP contribution >= 0.6 is 15.9 Å². The normalized spacial score (nSPS) is 21.7. The Morgan fingerprint density at radius 1 is 1.50 bits per heavy atom. The first-order chi connectivity index (χ1) is 9.49. The van der Waals surface area contributed by atoms with Crippen molar-refractivity contribution in [2.45, 2.75) is 19.4 Å². The zero-order valence-electron chi connectivity index (χ0n) is 11.1. The summed E-state index contributed by atoms with van der Waals surface area (Å²) >= 11 is 3.36. The summed E-state index contributed by atoms with van der Waals surface area (Å²) in [6.45, 7) is 2.67. The minimum Gasteiger partial charge on any atom is -0.479 e. The number of rotatable bonds is 4. The van der Waals surface area contributed by atoms with Crippen molar-refractivity contribution in [3.05, 3.63) is 33.8 Å². The molecule has 20 heavy (non-hydrogen) atoms. The third kappa shape index (κ3) is 3.37. The van der Waals surface area contributed by atoms with Crippen LogP contribution in [0, 0.1) is 12.8 Å². The molecule has 2 N–H and O–H groups in total. The maximum absolute atomic E-state index is 12.1. The van der Waals surface area contributed by atoms with E-state index in [4.69, 9.17) is 9.84 Å². The Morgan fingerprint density at radius 3 is 2.90 bits per heavy atom. The minimum absolute atomic E-state index is 0.180. The second kappa shape index (κ2) is 6.37. The molecule has 6 heteroatoms. The summed E-state index contributed by atoms with van der Waals surface area (Å²) in [5, 5.41) is 11.8. The molecule has 1 heterocycles. The summed E-state index contributed by atoms with van der Waals surface area (Å²) in [6, 6.07) is 5.47. The molecular formula is C14H16BrNO4. The number of aryl methyl sites for hydroxylation is 1. The highest BCUT2D eigenvalue weighted by Crippen LogP contribution is 2.21. The van der Waals surface area contributed by atoms with Crippen LogP contribution in [-0.4, -0.2) is 36.2 Å². The Balaban J connectivity index is 1.97. The van der Waals surface area contributed by atoms with Gasteiger partial charge in [0.2, 0.25) is 0 Å². The number of amides is 1. The SMILES string of the molecule is Cc1ccc(C(=O)NC[C@@H]2CCO[C@@H]2C(=O)O)c(Br)c1. The van der Waals surface area contributed by atoms with E-state index in [2.05, 4.69) is 21.2 Å². The van der Waals surface area contributed by atoms with Gasteiger partial charge in [0.1, 0.15) is 0 Å². The molecule has 0 bridgehead atoms. The van der Waals surface area contributed by atoms with Crippen molar-refractivity contribution in [1.29, 1.82) is 0 Å². The summed E-state index contributed by atoms with van der Waals surface area (Å²) in [6.07, 6.45) is -0.177. The molecule has 1 saturated heterocycles. The van der Waals surface area contributed by atoms with Gasteiger partial charge in [-0.05, 0) is 47.0 Å². The van der Waals surface area contributed by atoms with Gasteiger partial charge in [0.25, 0.3) is 5.91 Å². The van der Waals surface area contributed by atoms with Crippen molar-refractivity contribution in [2.24, 2.45) is 5.92 Å². The molecule has 1 aliphatic heterocycles. The summed E-state index contributed by atoms with van der Waals surface area (Å²) in [4.78, 5) is 23.1. The maximum atomic E-state index is 12.1. The van der Waals surface area contributed by atoms with Crippen LogP contribution < -0.4 is 5.32 Å². The average molecular weight is 342 g/mol. The number of carbonyl (C=O) groups excluding carboxylic acids is 1. The van der Waals surface area contributed by atoms with Gasteiger partial charge in [-0.1, -0.05) is 6.07 Å². The van der Waals surface area contributed by atoms with Crippen molar-refractivity contribution >= 4 is 27.8 Å². The molecule has 1 aliphatic rings. The molecule has 2 rings (SSSR count). The number of carboxylic acids is 1. The number of ether oxygens (including phenoxy) is 1. The van der Waals surface area contributed by atoms with Crippen molar-refractivity contribution in [1.82, 2.24) is 5.32 Å². The van der Waals surface area contributed by atoms with Gasteiger partial charge in [0, 0.05) is 23.5 Å². The van der Waals surface area contributed by atoms with Crippen LogP contribution in [-0.2, 0) is 9.53 Å². The van der Waals surface area contributed by atoms with Crippen molar-refractivity contribution < 1.29 is 19.4 Å². The Labute approximate surface area is 125 Å². The molecule has 1 aromatic rings. The molecule has 0 radical (unpaired) electrons. The first-order valence-corrected chi connectivity index (χ1v) is 7.17. The minimum atomic E-state index is -0.974. The summed E-state index contributed by atoms with van der Waals surface area (Å²) in [7, 11) is 0. The molecule has 1 fully saturated rings. The van der Waals surface area contributed by atoms with Crippen LogP contribution in [0.1, 0.15) is 22.3 Å². The smallest absolute Gasteiger partial charge is 0.333 e. The molecule has 0 aromatic heterocycles. The van der Waals surface area contributed by atoms with Crippen LogP contribution in [0.3, 0.4) is 0 Å². The number of benzene rings is 1. The number of carboxylic acid groups (broad SMARTS) is 1. The molecule has 5 nitrogen and oxygen atoms in total. The number of hydrogen-bond donors (Lipinski definition) is 2. The maximum Gasteiger partial charge on any atom is 0.333 e. The second-order valence-corrected chi connectivity index (χ2v) is 5.73. The Morgan fingerprint density at radius 2 is 2.25 bits per heavy atom. The van der Waals surface area contributed by atoms with Crippen molar-refractivity contribution in [2.75, 3.05) is 13.2 Å². The van der Waals surface area contributed by atoms with E-state index in [-0.39, 0.29) is 11.8 Å².